The molecule has 0 aliphatic carbocycles. The molecule has 1 aromatic rings. The minimum Gasteiger partial charge on any atom is -0.493 e. The lowest BCUT2D eigenvalue weighted by molar-refractivity contribution is 0.0831. The van der Waals surface area contributed by atoms with Crippen LogP contribution in [-0.2, 0) is 11.3 Å². The van der Waals surface area contributed by atoms with Gasteiger partial charge in [-0.25, -0.2) is 0 Å². The number of para-hydroxylation sites is 1. The molecule has 4 nitrogen and oxygen atoms in total. The van der Waals surface area contributed by atoms with Crippen molar-refractivity contribution in [3.63, 3.8) is 0 Å². The maximum absolute atomic E-state index is 5.69. The summed E-state index contributed by atoms with van der Waals surface area (Å²) < 4.78 is 16.4. The number of nitrogens with one attached hydrogen (secondary N) is 1. The molecule has 1 saturated heterocycles. The zero-order valence-electron chi connectivity index (χ0n) is 11.9. The Morgan fingerprint density at radius 1 is 1.37 bits per heavy atom. The van der Waals surface area contributed by atoms with Gasteiger partial charge in [-0.05, 0) is 25.8 Å². The molecule has 1 N–H and O–H groups in total. The molecule has 0 unspecified atom stereocenters. The molecular formula is C15H23NO3. The molecule has 1 fully saturated rings. The predicted molar refractivity (Wildman–Crippen MR) is 74.8 cm³/mol. The lowest BCUT2D eigenvalue weighted by Crippen LogP contribution is -2.36. The van der Waals surface area contributed by atoms with E-state index >= 15 is 0 Å². The van der Waals surface area contributed by atoms with Crippen LogP contribution in [0.5, 0.6) is 11.5 Å². The smallest absolute Gasteiger partial charge is 0.165 e. The van der Waals surface area contributed by atoms with Gasteiger partial charge in [0.2, 0.25) is 0 Å². The highest BCUT2D eigenvalue weighted by Crippen LogP contribution is 2.30. The molecule has 0 saturated carbocycles. The molecule has 0 bridgehead atoms. The van der Waals surface area contributed by atoms with Crippen molar-refractivity contribution >= 4 is 0 Å². The number of hydrogen-bond donors (Lipinski definition) is 1. The minimum absolute atomic E-state index is 0.330. The van der Waals surface area contributed by atoms with Crippen LogP contribution in [0.1, 0.15) is 25.3 Å². The molecule has 1 heterocycles. The van der Waals surface area contributed by atoms with Crippen molar-refractivity contribution in [1.29, 1.82) is 0 Å². The summed E-state index contributed by atoms with van der Waals surface area (Å²) >= 11 is 0. The predicted octanol–water partition coefficient (Wildman–Crippen LogP) is 2.36. The fourth-order valence-corrected chi connectivity index (χ4v) is 2.49. The maximum Gasteiger partial charge on any atom is 0.165 e. The van der Waals surface area contributed by atoms with Crippen molar-refractivity contribution < 1.29 is 14.2 Å². The second-order valence-electron chi connectivity index (χ2n) is 4.87. The van der Waals surface area contributed by atoms with E-state index in [1.807, 2.05) is 12.1 Å². The van der Waals surface area contributed by atoms with Gasteiger partial charge in [-0.3, -0.25) is 0 Å². The highest BCUT2D eigenvalue weighted by molar-refractivity contribution is 5.46. The van der Waals surface area contributed by atoms with Crippen molar-refractivity contribution in [2.45, 2.75) is 38.5 Å². The highest BCUT2D eigenvalue weighted by atomic mass is 16.5. The summed E-state index contributed by atoms with van der Waals surface area (Å²) in [5, 5.41) is 3.51. The Morgan fingerprint density at radius 3 is 2.84 bits per heavy atom. The normalized spacial score (nSPS) is 20.3. The van der Waals surface area contributed by atoms with Crippen LogP contribution in [0.3, 0.4) is 0 Å². The van der Waals surface area contributed by atoms with Gasteiger partial charge < -0.3 is 19.5 Å². The van der Waals surface area contributed by atoms with Crippen LogP contribution in [0.25, 0.3) is 0 Å². The Kier molecular flexibility index (Phi) is 5.05. The Balaban J connectivity index is 1.98. The number of ether oxygens (including phenoxy) is 3. The molecule has 2 rings (SSSR count). The molecule has 0 spiro atoms. The molecule has 1 aromatic carbocycles. The van der Waals surface area contributed by atoms with Gasteiger partial charge in [0.1, 0.15) is 0 Å². The van der Waals surface area contributed by atoms with Gasteiger partial charge in [0, 0.05) is 24.8 Å². The molecule has 106 valence electrons. The van der Waals surface area contributed by atoms with Gasteiger partial charge in [-0.15, -0.1) is 0 Å². The van der Waals surface area contributed by atoms with Crippen molar-refractivity contribution in [2.24, 2.45) is 0 Å². The van der Waals surface area contributed by atoms with E-state index in [0.717, 1.165) is 36.6 Å². The summed E-state index contributed by atoms with van der Waals surface area (Å²) in [6.07, 6.45) is 2.64. The van der Waals surface area contributed by atoms with Gasteiger partial charge in [0.15, 0.2) is 11.5 Å². The van der Waals surface area contributed by atoms with Gasteiger partial charge in [-0.2, -0.15) is 0 Å². The van der Waals surface area contributed by atoms with Crippen molar-refractivity contribution in [1.82, 2.24) is 5.32 Å². The number of hydrogen-bond acceptors (Lipinski definition) is 4. The van der Waals surface area contributed by atoms with Crippen molar-refractivity contribution in [3.05, 3.63) is 23.8 Å². The van der Waals surface area contributed by atoms with Crippen molar-refractivity contribution in [2.75, 3.05) is 20.8 Å². The first-order valence-corrected chi connectivity index (χ1v) is 6.81. The van der Waals surface area contributed by atoms with E-state index in [-0.39, 0.29) is 0 Å². The van der Waals surface area contributed by atoms with Gasteiger partial charge >= 0.3 is 0 Å². The molecule has 19 heavy (non-hydrogen) atoms. The van der Waals surface area contributed by atoms with Crippen LogP contribution in [0.4, 0.5) is 0 Å². The Morgan fingerprint density at radius 2 is 2.21 bits per heavy atom. The van der Waals surface area contributed by atoms with E-state index in [4.69, 9.17) is 14.2 Å². The third-order valence-corrected chi connectivity index (χ3v) is 3.62. The summed E-state index contributed by atoms with van der Waals surface area (Å²) in [7, 11) is 3.33. The lowest BCUT2D eigenvalue weighted by atomic mass is 10.1. The molecule has 1 aliphatic heterocycles. The number of benzene rings is 1. The van der Waals surface area contributed by atoms with Crippen LogP contribution in [-0.4, -0.2) is 33.0 Å². The summed E-state index contributed by atoms with van der Waals surface area (Å²) in [6, 6.07) is 6.29. The molecule has 4 heteroatoms. The first-order chi connectivity index (χ1) is 9.26. The Hall–Kier alpha value is -1.26. The molecule has 0 amide bonds. The maximum atomic E-state index is 5.69. The molecule has 0 aromatic heterocycles. The van der Waals surface area contributed by atoms with E-state index in [1.165, 1.54) is 6.42 Å². The largest absolute Gasteiger partial charge is 0.493 e. The summed E-state index contributed by atoms with van der Waals surface area (Å²) in [4.78, 5) is 0. The SMILES string of the molecule is COc1cccc(CN[C@@H](C)[C@@H]2CCCO2)c1OC. The third-order valence-electron chi connectivity index (χ3n) is 3.62. The zero-order valence-corrected chi connectivity index (χ0v) is 11.9. The molecular weight excluding hydrogens is 242 g/mol. The first kappa shape index (κ1) is 14.2. The minimum atomic E-state index is 0.330. The fourth-order valence-electron chi connectivity index (χ4n) is 2.49. The second kappa shape index (κ2) is 6.78. The van der Waals surface area contributed by atoms with Crippen LogP contribution in [0.15, 0.2) is 18.2 Å². The van der Waals surface area contributed by atoms with Gasteiger partial charge in [0.05, 0.1) is 20.3 Å². The highest BCUT2D eigenvalue weighted by Gasteiger charge is 2.22. The second-order valence-corrected chi connectivity index (χ2v) is 4.87. The van der Waals surface area contributed by atoms with E-state index < -0.39 is 0 Å². The van der Waals surface area contributed by atoms with Crippen LogP contribution >= 0.6 is 0 Å². The van der Waals surface area contributed by atoms with E-state index in [0.29, 0.717) is 12.1 Å². The van der Waals surface area contributed by atoms with E-state index in [9.17, 15) is 0 Å². The van der Waals surface area contributed by atoms with Gasteiger partial charge in [-0.1, -0.05) is 12.1 Å². The standard InChI is InChI=1S/C15H23NO3/c1-11(13-8-5-9-19-13)16-10-12-6-4-7-14(17-2)15(12)18-3/h4,6-7,11,13,16H,5,8-10H2,1-3H3/t11-,13-/m0/s1. The third kappa shape index (κ3) is 3.39. The topological polar surface area (TPSA) is 39.7 Å². The summed E-state index contributed by atoms with van der Waals surface area (Å²) in [6.45, 7) is 3.81. The van der Waals surface area contributed by atoms with E-state index in [2.05, 4.69) is 18.3 Å². The average molecular weight is 265 g/mol. The molecule has 1 aliphatic rings. The average Bonchev–Trinajstić information content (AvgIpc) is 2.98. The van der Waals surface area contributed by atoms with Crippen LogP contribution < -0.4 is 14.8 Å². The molecule has 0 radical (unpaired) electrons. The Labute approximate surface area is 115 Å². The Bertz CT molecular complexity index is 402. The fraction of sp³-hybridized carbons (Fsp3) is 0.600. The van der Waals surface area contributed by atoms with Gasteiger partial charge in [0.25, 0.3) is 0 Å². The van der Waals surface area contributed by atoms with Crippen LogP contribution in [0.2, 0.25) is 0 Å². The zero-order chi connectivity index (χ0) is 13.7. The summed E-state index contributed by atoms with van der Waals surface area (Å²) in [5.41, 5.74) is 1.10. The van der Waals surface area contributed by atoms with Crippen molar-refractivity contribution in [3.8, 4) is 11.5 Å². The van der Waals surface area contributed by atoms with E-state index in [1.54, 1.807) is 14.2 Å². The first-order valence-electron chi connectivity index (χ1n) is 6.81. The number of methoxy groups -OCH3 is 2. The quantitative estimate of drug-likeness (QED) is 0.857. The summed E-state index contributed by atoms with van der Waals surface area (Å²) in [5.74, 6) is 1.57. The van der Waals surface area contributed by atoms with Crippen LogP contribution in [0, 0.1) is 0 Å². The number of rotatable bonds is 6. The monoisotopic (exact) mass is 265 g/mol. The molecule has 2 atom stereocenters. The lowest BCUT2D eigenvalue weighted by Gasteiger charge is -2.21.